The van der Waals surface area contributed by atoms with Gasteiger partial charge in [0.1, 0.15) is 0 Å². The van der Waals surface area contributed by atoms with E-state index in [0.717, 1.165) is 6.42 Å². The molecule has 0 fully saturated rings. The third-order valence-corrected chi connectivity index (χ3v) is 3.10. The first kappa shape index (κ1) is 17.0. The van der Waals surface area contributed by atoms with E-state index in [1.165, 1.54) is 0 Å². The number of ether oxygens (including phenoxy) is 1. The molecular weight excluding hydrogens is 238 g/mol. The van der Waals surface area contributed by atoms with Gasteiger partial charge in [0.2, 0.25) is 0 Å². The van der Waals surface area contributed by atoms with Crippen LogP contribution in [0.15, 0.2) is 0 Å². The predicted molar refractivity (Wildman–Crippen MR) is 72.7 cm³/mol. The molecule has 17 heavy (non-hydrogen) atoms. The van der Waals surface area contributed by atoms with Crippen LogP contribution in [0.25, 0.3) is 0 Å². The zero-order valence-electron chi connectivity index (χ0n) is 11.4. The molecule has 0 aliphatic carbocycles. The second kappa shape index (κ2) is 10.00. The maximum absolute atomic E-state index is 10.8. The Morgan fingerprint density at radius 1 is 1.35 bits per heavy atom. The normalized spacial score (nSPS) is 17.1. The molecule has 0 aliphatic heterocycles. The van der Waals surface area contributed by atoms with E-state index in [4.69, 9.17) is 4.74 Å². The SMILES string of the molecule is CC(C)CC(C)OCC(O)CNCCS(C)=O. The van der Waals surface area contributed by atoms with Crippen LogP contribution in [0.1, 0.15) is 27.2 Å². The molecule has 5 heteroatoms. The summed E-state index contributed by atoms with van der Waals surface area (Å²) in [6, 6.07) is 0. The van der Waals surface area contributed by atoms with Crippen LogP contribution in [0.2, 0.25) is 0 Å². The van der Waals surface area contributed by atoms with Gasteiger partial charge in [0.25, 0.3) is 0 Å². The Bertz CT molecular complexity index is 212. The Morgan fingerprint density at radius 2 is 2.00 bits per heavy atom. The van der Waals surface area contributed by atoms with E-state index < -0.39 is 16.9 Å². The number of aliphatic hydroxyl groups excluding tert-OH is 1. The first-order chi connectivity index (χ1) is 7.91. The van der Waals surface area contributed by atoms with E-state index in [9.17, 15) is 9.32 Å². The third-order valence-electron chi connectivity index (χ3n) is 2.32. The van der Waals surface area contributed by atoms with Crippen molar-refractivity contribution in [3.8, 4) is 0 Å². The number of rotatable bonds is 10. The summed E-state index contributed by atoms with van der Waals surface area (Å²) in [5.74, 6) is 1.23. The topological polar surface area (TPSA) is 58.6 Å². The van der Waals surface area contributed by atoms with Crippen molar-refractivity contribution >= 4 is 10.8 Å². The summed E-state index contributed by atoms with van der Waals surface area (Å²) in [6.07, 6.45) is 2.38. The molecule has 0 rings (SSSR count). The Labute approximate surface area is 108 Å². The summed E-state index contributed by atoms with van der Waals surface area (Å²) in [4.78, 5) is 0. The predicted octanol–water partition coefficient (Wildman–Crippen LogP) is 0.767. The second-order valence-corrected chi connectivity index (χ2v) is 6.46. The highest BCUT2D eigenvalue weighted by Crippen LogP contribution is 2.07. The Balaban J connectivity index is 3.45. The first-order valence-corrected chi connectivity index (χ1v) is 7.95. The monoisotopic (exact) mass is 265 g/mol. The van der Waals surface area contributed by atoms with Gasteiger partial charge in [0, 0.05) is 35.9 Å². The number of nitrogens with one attached hydrogen (secondary N) is 1. The van der Waals surface area contributed by atoms with Crippen molar-refractivity contribution in [3.63, 3.8) is 0 Å². The molecule has 104 valence electrons. The van der Waals surface area contributed by atoms with Crippen LogP contribution in [-0.2, 0) is 15.5 Å². The largest absolute Gasteiger partial charge is 0.389 e. The Hall–Kier alpha value is 0.0300. The van der Waals surface area contributed by atoms with Gasteiger partial charge in [-0.2, -0.15) is 0 Å². The standard InChI is InChI=1S/C12H27NO3S/c1-10(2)7-11(3)16-9-12(14)8-13-5-6-17(4)15/h10-14H,5-9H2,1-4H3. The van der Waals surface area contributed by atoms with Gasteiger partial charge >= 0.3 is 0 Å². The van der Waals surface area contributed by atoms with Gasteiger partial charge in [0.05, 0.1) is 18.8 Å². The van der Waals surface area contributed by atoms with Crippen molar-refractivity contribution in [2.24, 2.45) is 5.92 Å². The molecule has 3 unspecified atom stereocenters. The van der Waals surface area contributed by atoms with Gasteiger partial charge in [-0.05, 0) is 19.3 Å². The summed E-state index contributed by atoms with van der Waals surface area (Å²) in [5, 5.41) is 12.7. The smallest absolute Gasteiger partial charge is 0.0897 e. The number of aliphatic hydroxyl groups is 1. The molecule has 0 aromatic heterocycles. The average molecular weight is 265 g/mol. The fourth-order valence-corrected chi connectivity index (χ4v) is 1.98. The third kappa shape index (κ3) is 12.3. The van der Waals surface area contributed by atoms with E-state index >= 15 is 0 Å². The number of hydrogen-bond acceptors (Lipinski definition) is 4. The Morgan fingerprint density at radius 3 is 2.53 bits per heavy atom. The summed E-state index contributed by atoms with van der Waals surface area (Å²) in [7, 11) is -0.773. The lowest BCUT2D eigenvalue weighted by Crippen LogP contribution is -2.33. The quantitative estimate of drug-likeness (QED) is 0.573. The molecule has 0 spiro atoms. The summed E-state index contributed by atoms with van der Waals surface area (Å²) < 4.78 is 16.3. The van der Waals surface area contributed by atoms with Crippen LogP contribution in [0.4, 0.5) is 0 Å². The Kier molecular flexibility index (Phi) is 10.0. The molecule has 0 saturated heterocycles. The zero-order chi connectivity index (χ0) is 13.3. The molecular formula is C12H27NO3S. The van der Waals surface area contributed by atoms with Crippen LogP contribution < -0.4 is 5.32 Å². The van der Waals surface area contributed by atoms with Crippen LogP contribution in [0.3, 0.4) is 0 Å². The fourth-order valence-electron chi connectivity index (χ4n) is 1.55. The molecule has 2 N–H and O–H groups in total. The zero-order valence-corrected chi connectivity index (χ0v) is 12.3. The van der Waals surface area contributed by atoms with Crippen LogP contribution in [0, 0.1) is 5.92 Å². The van der Waals surface area contributed by atoms with Gasteiger partial charge in [-0.3, -0.25) is 4.21 Å². The minimum absolute atomic E-state index is 0.188. The van der Waals surface area contributed by atoms with Crippen molar-refractivity contribution in [1.29, 1.82) is 0 Å². The molecule has 0 aliphatic rings. The van der Waals surface area contributed by atoms with Gasteiger partial charge < -0.3 is 15.2 Å². The summed E-state index contributed by atoms with van der Waals surface area (Å²) in [5.41, 5.74) is 0. The highest BCUT2D eigenvalue weighted by Gasteiger charge is 2.09. The highest BCUT2D eigenvalue weighted by atomic mass is 32.2. The minimum atomic E-state index is -0.773. The van der Waals surface area contributed by atoms with Gasteiger partial charge in [-0.25, -0.2) is 0 Å². The number of hydrogen-bond donors (Lipinski definition) is 2. The first-order valence-electron chi connectivity index (χ1n) is 6.22. The lowest BCUT2D eigenvalue weighted by Gasteiger charge is -2.18. The van der Waals surface area contributed by atoms with Gasteiger partial charge in [-0.1, -0.05) is 13.8 Å². The van der Waals surface area contributed by atoms with E-state index in [2.05, 4.69) is 19.2 Å². The molecule has 0 radical (unpaired) electrons. The van der Waals surface area contributed by atoms with E-state index in [1.54, 1.807) is 6.26 Å². The molecule has 0 heterocycles. The minimum Gasteiger partial charge on any atom is -0.389 e. The maximum atomic E-state index is 10.8. The molecule has 3 atom stereocenters. The molecule has 0 saturated carbocycles. The van der Waals surface area contributed by atoms with E-state index in [-0.39, 0.29) is 6.10 Å². The molecule has 0 amide bonds. The molecule has 0 bridgehead atoms. The summed E-state index contributed by atoms with van der Waals surface area (Å²) >= 11 is 0. The van der Waals surface area contributed by atoms with Crippen LogP contribution in [-0.4, -0.2) is 53.2 Å². The average Bonchev–Trinajstić information content (AvgIpc) is 2.20. The van der Waals surface area contributed by atoms with Crippen LogP contribution >= 0.6 is 0 Å². The van der Waals surface area contributed by atoms with Gasteiger partial charge in [-0.15, -0.1) is 0 Å². The summed E-state index contributed by atoms with van der Waals surface area (Å²) in [6.45, 7) is 7.86. The maximum Gasteiger partial charge on any atom is 0.0897 e. The highest BCUT2D eigenvalue weighted by molar-refractivity contribution is 7.84. The van der Waals surface area contributed by atoms with Gasteiger partial charge in [0.15, 0.2) is 0 Å². The molecule has 0 aromatic carbocycles. The van der Waals surface area contributed by atoms with Crippen LogP contribution in [0.5, 0.6) is 0 Å². The lowest BCUT2D eigenvalue weighted by atomic mass is 10.1. The van der Waals surface area contributed by atoms with Crippen molar-refractivity contribution < 1.29 is 14.1 Å². The van der Waals surface area contributed by atoms with Crippen molar-refractivity contribution in [2.45, 2.75) is 39.4 Å². The van der Waals surface area contributed by atoms with Crippen molar-refractivity contribution in [2.75, 3.05) is 31.7 Å². The fraction of sp³-hybridized carbons (Fsp3) is 1.00. The van der Waals surface area contributed by atoms with Crippen molar-refractivity contribution in [3.05, 3.63) is 0 Å². The lowest BCUT2D eigenvalue weighted by molar-refractivity contribution is -0.00829. The van der Waals surface area contributed by atoms with E-state index in [0.29, 0.717) is 31.4 Å². The second-order valence-electron chi connectivity index (χ2n) is 4.91. The van der Waals surface area contributed by atoms with E-state index in [1.807, 2.05) is 6.92 Å². The molecule has 0 aromatic rings. The van der Waals surface area contributed by atoms with Crippen molar-refractivity contribution in [1.82, 2.24) is 5.32 Å². The molecule has 4 nitrogen and oxygen atoms in total.